The molecular formula is C20H27NO3S2. The highest BCUT2D eigenvalue weighted by molar-refractivity contribution is 7.98. The number of nitrogens with one attached hydrogen (secondary N) is 1. The summed E-state index contributed by atoms with van der Waals surface area (Å²) in [5, 5.41) is 5.01. The number of methoxy groups -OCH3 is 1. The zero-order chi connectivity index (χ0) is 18.9. The van der Waals surface area contributed by atoms with Crippen LogP contribution in [-0.2, 0) is 0 Å². The number of thioether (sulfide) groups is 1. The zero-order valence-corrected chi connectivity index (χ0v) is 17.5. The molecule has 1 heterocycles. The van der Waals surface area contributed by atoms with Gasteiger partial charge in [0, 0.05) is 4.90 Å². The molecule has 142 valence electrons. The molecule has 0 aliphatic rings. The highest BCUT2D eigenvalue weighted by Gasteiger charge is 2.17. The number of ether oxygens (including phenoxy) is 2. The van der Waals surface area contributed by atoms with E-state index < -0.39 is 0 Å². The molecule has 0 fully saturated rings. The lowest BCUT2D eigenvalue weighted by Crippen LogP contribution is -2.26. The van der Waals surface area contributed by atoms with E-state index in [2.05, 4.69) is 12.2 Å². The summed E-state index contributed by atoms with van der Waals surface area (Å²) < 4.78 is 11.3. The van der Waals surface area contributed by atoms with Gasteiger partial charge in [0.15, 0.2) is 11.5 Å². The molecule has 0 saturated heterocycles. The lowest BCUT2D eigenvalue weighted by Gasteiger charge is -2.17. The standard InChI is InChI=1S/C20H27NO3S2/c1-5-6-7-11-24-16-9-8-15(13-17(16)23-3)14(2)21-20(22)19-18(25-4)10-12-26-19/h8-10,12-14H,5-7,11H2,1-4H3,(H,21,22). The number of hydrogen-bond acceptors (Lipinski definition) is 5. The van der Waals surface area contributed by atoms with E-state index >= 15 is 0 Å². The first kappa shape index (κ1) is 20.6. The Morgan fingerprint density at radius 1 is 1.27 bits per heavy atom. The van der Waals surface area contributed by atoms with Crippen LogP contribution in [0.1, 0.15) is 54.4 Å². The van der Waals surface area contributed by atoms with Crippen molar-refractivity contribution >= 4 is 29.0 Å². The van der Waals surface area contributed by atoms with Gasteiger partial charge in [0.25, 0.3) is 5.91 Å². The Hall–Kier alpha value is -1.66. The number of carbonyl (C=O) groups is 1. The molecule has 4 nitrogen and oxygen atoms in total. The van der Waals surface area contributed by atoms with Gasteiger partial charge >= 0.3 is 0 Å². The topological polar surface area (TPSA) is 47.6 Å². The molecule has 1 atom stereocenters. The van der Waals surface area contributed by atoms with Gasteiger partial charge < -0.3 is 14.8 Å². The average molecular weight is 394 g/mol. The minimum absolute atomic E-state index is 0.0456. The smallest absolute Gasteiger partial charge is 0.262 e. The largest absolute Gasteiger partial charge is 0.493 e. The number of rotatable bonds is 10. The first-order chi connectivity index (χ1) is 12.6. The van der Waals surface area contributed by atoms with Gasteiger partial charge in [0.1, 0.15) is 4.88 Å². The summed E-state index contributed by atoms with van der Waals surface area (Å²) in [6, 6.07) is 7.68. The van der Waals surface area contributed by atoms with Crippen LogP contribution in [0.15, 0.2) is 34.5 Å². The maximum Gasteiger partial charge on any atom is 0.262 e. The fourth-order valence-electron chi connectivity index (χ4n) is 2.58. The molecule has 1 unspecified atom stereocenters. The predicted octanol–water partition coefficient (Wildman–Crippen LogP) is 5.54. The summed E-state index contributed by atoms with van der Waals surface area (Å²) in [6.45, 7) is 4.83. The molecule has 1 aromatic heterocycles. The summed E-state index contributed by atoms with van der Waals surface area (Å²) in [7, 11) is 1.64. The summed E-state index contributed by atoms with van der Waals surface area (Å²) in [4.78, 5) is 14.3. The fraction of sp³-hybridized carbons (Fsp3) is 0.450. The Balaban J connectivity index is 2.04. The predicted molar refractivity (Wildman–Crippen MR) is 110 cm³/mol. The van der Waals surface area contributed by atoms with E-state index in [-0.39, 0.29) is 11.9 Å². The van der Waals surface area contributed by atoms with Crippen LogP contribution in [-0.4, -0.2) is 25.9 Å². The second kappa shape index (κ2) is 10.5. The first-order valence-electron chi connectivity index (χ1n) is 8.83. The Bertz CT molecular complexity index is 715. The number of thiophene rings is 1. The maximum absolute atomic E-state index is 12.5. The van der Waals surface area contributed by atoms with E-state index in [0.717, 1.165) is 33.9 Å². The zero-order valence-electron chi connectivity index (χ0n) is 15.8. The monoisotopic (exact) mass is 393 g/mol. The molecule has 0 aliphatic heterocycles. The molecule has 6 heteroatoms. The van der Waals surface area contributed by atoms with E-state index in [4.69, 9.17) is 9.47 Å². The average Bonchev–Trinajstić information content (AvgIpc) is 3.14. The lowest BCUT2D eigenvalue weighted by molar-refractivity contribution is 0.0941. The van der Waals surface area contributed by atoms with E-state index in [1.807, 2.05) is 42.8 Å². The van der Waals surface area contributed by atoms with Crippen molar-refractivity contribution in [2.24, 2.45) is 0 Å². The Morgan fingerprint density at radius 2 is 2.08 bits per heavy atom. The SMILES string of the molecule is CCCCCOc1ccc(C(C)NC(=O)c2sccc2SC)cc1OC. The van der Waals surface area contributed by atoms with Crippen LogP contribution in [0.4, 0.5) is 0 Å². The Kier molecular flexibility index (Phi) is 8.32. The van der Waals surface area contributed by atoms with Crippen molar-refractivity contribution in [1.82, 2.24) is 5.32 Å². The second-order valence-corrected chi connectivity index (χ2v) is 7.74. The van der Waals surface area contributed by atoms with E-state index in [9.17, 15) is 4.79 Å². The summed E-state index contributed by atoms with van der Waals surface area (Å²) in [6.07, 6.45) is 5.34. The van der Waals surface area contributed by atoms with Crippen molar-refractivity contribution in [3.8, 4) is 11.5 Å². The first-order valence-corrected chi connectivity index (χ1v) is 10.9. The van der Waals surface area contributed by atoms with Gasteiger partial charge in [0.05, 0.1) is 19.8 Å². The highest BCUT2D eigenvalue weighted by Crippen LogP contribution is 2.31. The summed E-state index contributed by atoms with van der Waals surface area (Å²) in [5.41, 5.74) is 0.985. The molecule has 0 saturated carbocycles. The van der Waals surface area contributed by atoms with Crippen molar-refractivity contribution in [1.29, 1.82) is 0 Å². The Morgan fingerprint density at radius 3 is 2.77 bits per heavy atom. The van der Waals surface area contributed by atoms with E-state index in [1.54, 1.807) is 18.9 Å². The maximum atomic E-state index is 12.5. The number of carbonyl (C=O) groups excluding carboxylic acids is 1. The summed E-state index contributed by atoms with van der Waals surface area (Å²) >= 11 is 3.05. The minimum Gasteiger partial charge on any atom is -0.493 e. The van der Waals surface area contributed by atoms with Gasteiger partial charge in [-0.2, -0.15) is 0 Å². The van der Waals surface area contributed by atoms with Gasteiger partial charge in [-0.05, 0) is 48.7 Å². The fourth-order valence-corrected chi connectivity index (χ4v) is 4.23. The van der Waals surface area contributed by atoms with Gasteiger partial charge in [-0.25, -0.2) is 0 Å². The molecule has 0 aliphatic carbocycles. The molecule has 2 rings (SSSR count). The molecule has 26 heavy (non-hydrogen) atoms. The van der Waals surface area contributed by atoms with Crippen LogP contribution in [0.5, 0.6) is 11.5 Å². The molecule has 2 aromatic rings. The number of unbranched alkanes of at least 4 members (excludes halogenated alkanes) is 2. The van der Waals surface area contributed by atoms with Crippen LogP contribution in [0.3, 0.4) is 0 Å². The normalized spacial score (nSPS) is 11.8. The van der Waals surface area contributed by atoms with Crippen LogP contribution >= 0.6 is 23.1 Å². The molecule has 0 radical (unpaired) electrons. The number of benzene rings is 1. The number of amides is 1. The molecular weight excluding hydrogens is 366 g/mol. The van der Waals surface area contributed by atoms with E-state index in [0.29, 0.717) is 12.4 Å². The molecule has 1 aromatic carbocycles. The summed E-state index contributed by atoms with van der Waals surface area (Å²) in [5.74, 6) is 1.39. The van der Waals surface area contributed by atoms with Crippen molar-refractivity contribution in [2.45, 2.75) is 44.0 Å². The van der Waals surface area contributed by atoms with Gasteiger partial charge in [-0.1, -0.05) is 25.8 Å². The third-order valence-corrected chi connectivity index (χ3v) is 5.92. The van der Waals surface area contributed by atoms with Crippen LogP contribution in [0, 0.1) is 0 Å². The van der Waals surface area contributed by atoms with Crippen LogP contribution in [0.25, 0.3) is 0 Å². The van der Waals surface area contributed by atoms with Crippen LogP contribution < -0.4 is 14.8 Å². The van der Waals surface area contributed by atoms with Gasteiger partial charge in [-0.15, -0.1) is 23.1 Å². The number of hydrogen-bond donors (Lipinski definition) is 1. The van der Waals surface area contributed by atoms with Crippen molar-refractivity contribution < 1.29 is 14.3 Å². The van der Waals surface area contributed by atoms with Gasteiger partial charge in [-0.3, -0.25) is 4.79 Å². The third-order valence-electron chi connectivity index (χ3n) is 4.10. The third kappa shape index (κ3) is 5.42. The van der Waals surface area contributed by atoms with Crippen LogP contribution in [0.2, 0.25) is 0 Å². The molecule has 1 amide bonds. The van der Waals surface area contributed by atoms with Crippen molar-refractivity contribution in [3.05, 3.63) is 40.1 Å². The molecule has 1 N–H and O–H groups in total. The lowest BCUT2D eigenvalue weighted by atomic mass is 10.1. The van der Waals surface area contributed by atoms with E-state index in [1.165, 1.54) is 17.8 Å². The Labute approximate surface area is 164 Å². The molecule has 0 spiro atoms. The highest BCUT2D eigenvalue weighted by atomic mass is 32.2. The second-order valence-electron chi connectivity index (χ2n) is 5.98. The quantitative estimate of drug-likeness (QED) is 0.425. The van der Waals surface area contributed by atoms with Crippen molar-refractivity contribution in [2.75, 3.05) is 20.0 Å². The van der Waals surface area contributed by atoms with Gasteiger partial charge in [0.2, 0.25) is 0 Å². The van der Waals surface area contributed by atoms with Crippen molar-refractivity contribution in [3.63, 3.8) is 0 Å². The minimum atomic E-state index is -0.123. The molecule has 0 bridgehead atoms.